The predicted molar refractivity (Wildman–Crippen MR) is 47.4 cm³/mol. The number of hydrogen-bond donors (Lipinski definition) is 0. The van der Waals surface area contributed by atoms with Gasteiger partial charge < -0.3 is 19.8 Å². The van der Waals surface area contributed by atoms with E-state index < -0.39 is 47.8 Å². The molecule has 8 heteroatoms. The zero-order valence-corrected chi connectivity index (χ0v) is 9.51. The maximum atomic E-state index is 12.8. The highest BCUT2D eigenvalue weighted by molar-refractivity contribution is 5.97. The Kier molecular flexibility index (Phi) is 5.31. The maximum absolute atomic E-state index is 12.8. The summed E-state index contributed by atoms with van der Waals surface area (Å²) < 4.78 is 49.4. The summed E-state index contributed by atoms with van der Waals surface area (Å²) in [6, 6.07) is 0. The van der Waals surface area contributed by atoms with E-state index in [9.17, 15) is 37.4 Å². The number of aliphatic carboxylic acids is 2. The van der Waals surface area contributed by atoms with Crippen molar-refractivity contribution in [3.05, 3.63) is 11.1 Å². The summed E-state index contributed by atoms with van der Waals surface area (Å²) in [5.41, 5.74) is -2.36. The minimum atomic E-state index is -4.65. The molecule has 0 bridgehead atoms. The Hall–Kier alpha value is -1.60. The molecule has 0 saturated carbocycles. The van der Waals surface area contributed by atoms with E-state index in [1.807, 2.05) is 0 Å². The maximum Gasteiger partial charge on any atom is 0.311 e. The molecule has 0 aliphatic carbocycles. The van der Waals surface area contributed by atoms with E-state index in [4.69, 9.17) is 0 Å². The number of carbonyl (C=O) groups excluding carboxylic acids is 2. The second-order valence-electron chi connectivity index (χ2n) is 3.86. The molecule has 0 aliphatic rings. The van der Waals surface area contributed by atoms with Gasteiger partial charge in [0, 0.05) is 6.42 Å². The smallest absolute Gasteiger partial charge is 0.311 e. The van der Waals surface area contributed by atoms with E-state index in [0.717, 1.165) is 0 Å². The quantitative estimate of drug-likeness (QED) is 0.491. The summed E-state index contributed by atoms with van der Waals surface area (Å²) in [4.78, 5) is 21.3. The molecule has 0 heterocycles. The molecule has 0 aromatic heterocycles. The van der Waals surface area contributed by atoms with Crippen molar-refractivity contribution in [1.82, 2.24) is 0 Å². The predicted octanol–water partition coefficient (Wildman–Crippen LogP) is -0.271. The monoisotopic (exact) mass is 270 g/mol. The Morgan fingerprint density at radius 3 is 1.78 bits per heavy atom. The number of rotatable bonds is 6. The van der Waals surface area contributed by atoms with Gasteiger partial charge in [-0.2, -0.15) is 8.78 Å². The third kappa shape index (κ3) is 4.01. The lowest BCUT2D eigenvalue weighted by atomic mass is 9.93. The van der Waals surface area contributed by atoms with Crippen molar-refractivity contribution >= 4 is 11.9 Å². The van der Waals surface area contributed by atoms with Gasteiger partial charge >= 0.3 is 12.3 Å². The van der Waals surface area contributed by atoms with Gasteiger partial charge in [0.2, 0.25) is 0 Å². The Bertz CT molecular complexity index is 374. The summed E-state index contributed by atoms with van der Waals surface area (Å²) in [6.45, 7) is 2.41. The van der Waals surface area contributed by atoms with Crippen LogP contribution in [-0.4, -0.2) is 24.3 Å². The molecule has 0 aliphatic heterocycles. The number of halogens is 4. The van der Waals surface area contributed by atoms with Crippen LogP contribution < -0.4 is 10.2 Å². The van der Waals surface area contributed by atoms with E-state index in [-0.39, 0.29) is 0 Å². The van der Waals surface area contributed by atoms with Gasteiger partial charge in [-0.15, -0.1) is 0 Å². The summed E-state index contributed by atoms with van der Waals surface area (Å²) in [6.07, 6.45) is -6.03. The highest BCUT2D eigenvalue weighted by Crippen LogP contribution is 2.32. The number of hydrogen-bond acceptors (Lipinski definition) is 4. The second kappa shape index (κ2) is 5.83. The first-order valence-electron chi connectivity index (χ1n) is 4.82. The van der Waals surface area contributed by atoms with Crippen LogP contribution in [-0.2, 0) is 9.59 Å². The molecule has 0 fully saturated rings. The van der Waals surface area contributed by atoms with Crippen LogP contribution in [0.15, 0.2) is 11.1 Å². The second-order valence-corrected chi connectivity index (χ2v) is 3.86. The molecule has 0 aromatic rings. The normalized spacial score (nSPS) is 13.8. The zero-order chi connectivity index (χ0) is 14.7. The van der Waals surface area contributed by atoms with Gasteiger partial charge in [0.25, 0.3) is 0 Å². The molecule has 104 valence electrons. The largest absolute Gasteiger partial charge is 0.545 e. The summed E-state index contributed by atoms with van der Waals surface area (Å²) in [7, 11) is 0. The average Bonchev–Trinajstić information content (AvgIpc) is 2.14. The topological polar surface area (TPSA) is 80.3 Å². The number of carbonyl (C=O) groups is 2. The minimum absolute atomic E-state index is 0.977. The standard InChI is InChI=1S/C10H12F4O4/c1-4(2)6(8(17)18)5(7(15)16)3-10(13,14)9(11)12/h4,9H,3H2,1-2H3,(H,15,16)(H,17,18)/p-2/b6-5+. The van der Waals surface area contributed by atoms with Gasteiger partial charge in [-0.25, -0.2) is 8.78 Å². The van der Waals surface area contributed by atoms with Gasteiger partial charge in [-0.3, -0.25) is 0 Å². The number of alkyl halides is 4. The summed E-state index contributed by atoms with van der Waals surface area (Å²) in [5, 5.41) is 21.3. The molecule has 0 amide bonds. The van der Waals surface area contributed by atoms with Crippen molar-refractivity contribution in [2.24, 2.45) is 5.92 Å². The van der Waals surface area contributed by atoms with Crippen molar-refractivity contribution in [3.63, 3.8) is 0 Å². The highest BCUT2D eigenvalue weighted by atomic mass is 19.3. The molecule has 0 atom stereocenters. The van der Waals surface area contributed by atoms with Gasteiger partial charge in [0.05, 0.1) is 11.9 Å². The van der Waals surface area contributed by atoms with Gasteiger partial charge in [0.15, 0.2) is 0 Å². The average molecular weight is 270 g/mol. The first-order chi connectivity index (χ1) is 8.00. The molecule has 0 N–H and O–H groups in total. The Balaban J connectivity index is 5.64. The van der Waals surface area contributed by atoms with Crippen molar-refractivity contribution < 1.29 is 37.4 Å². The van der Waals surface area contributed by atoms with Crippen molar-refractivity contribution in [2.75, 3.05) is 0 Å². The molecule has 0 saturated heterocycles. The first kappa shape index (κ1) is 16.4. The van der Waals surface area contributed by atoms with Crippen LogP contribution >= 0.6 is 0 Å². The summed E-state index contributed by atoms with van der Waals surface area (Å²) >= 11 is 0. The molecule has 0 aromatic carbocycles. The lowest BCUT2D eigenvalue weighted by molar-refractivity contribution is -0.305. The van der Waals surface area contributed by atoms with E-state index >= 15 is 0 Å². The van der Waals surface area contributed by atoms with E-state index in [0.29, 0.717) is 0 Å². The molecule has 4 nitrogen and oxygen atoms in total. The van der Waals surface area contributed by atoms with Crippen LogP contribution in [0, 0.1) is 5.92 Å². The third-order valence-electron chi connectivity index (χ3n) is 2.10. The van der Waals surface area contributed by atoms with Crippen LogP contribution in [0.5, 0.6) is 0 Å². The molecular weight excluding hydrogens is 260 g/mol. The Labute approximate surface area is 99.9 Å². The molecule has 0 unspecified atom stereocenters. The van der Waals surface area contributed by atoms with E-state index in [2.05, 4.69) is 0 Å². The zero-order valence-electron chi connectivity index (χ0n) is 9.51. The van der Waals surface area contributed by atoms with Crippen molar-refractivity contribution in [2.45, 2.75) is 32.6 Å². The van der Waals surface area contributed by atoms with Gasteiger partial charge in [0.1, 0.15) is 0 Å². The van der Waals surface area contributed by atoms with E-state index in [1.54, 1.807) is 0 Å². The van der Waals surface area contributed by atoms with E-state index in [1.165, 1.54) is 13.8 Å². The molecule has 0 radical (unpaired) electrons. The lowest BCUT2D eigenvalue weighted by Crippen LogP contribution is -2.37. The van der Waals surface area contributed by atoms with Gasteiger partial charge in [-0.05, 0) is 17.1 Å². The molecule has 18 heavy (non-hydrogen) atoms. The molecular formula is C10H10F4O4-2. The van der Waals surface area contributed by atoms with Crippen molar-refractivity contribution in [1.29, 1.82) is 0 Å². The SMILES string of the molecule is CC(C)/C(C(=O)[O-])=C(/CC(F)(F)C(F)F)C(=O)[O-]. The Morgan fingerprint density at radius 1 is 1.11 bits per heavy atom. The first-order valence-corrected chi connectivity index (χ1v) is 4.82. The fourth-order valence-corrected chi connectivity index (χ4v) is 1.30. The van der Waals surface area contributed by atoms with Crippen LogP contribution in [0.4, 0.5) is 17.6 Å². The van der Waals surface area contributed by atoms with Crippen molar-refractivity contribution in [3.8, 4) is 0 Å². The molecule has 0 rings (SSSR count). The third-order valence-corrected chi connectivity index (χ3v) is 2.10. The van der Waals surface area contributed by atoms with Gasteiger partial charge in [-0.1, -0.05) is 13.8 Å². The fraction of sp³-hybridized carbons (Fsp3) is 0.600. The summed E-state index contributed by atoms with van der Waals surface area (Å²) in [5.74, 6) is -9.88. The minimum Gasteiger partial charge on any atom is -0.545 e. The van der Waals surface area contributed by atoms with Crippen LogP contribution in [0.1, 0.15) is 20.3 Å². The number of carboxylic acids is 2. The lowest BCUT2D eigenvalue weighted by Gasteiger charge is -2.23. The molecule has 0 spiro atoms. The highest BCUT2D eigenvalue weighted by Gasteiger charge is 2.42. The fourth-order valence-electron chi connectivity index (χ4n) is 1.30. The van der Waals surface area contributed by atoms with Crippen LogP contribution in [0.2, 0.25) is 0 Å². The Morgan fingerprint density at radius 2 is 1.56 bits per heavy atom. The van der Waals surface area contributed by atoms with Crippen LogP contribution in [0.25, 0.3) is 0 Å². The van der Waals surface area contributed by atoms with Crippen LogP contribution in [0.3, 0.4) is 0 Å². The number of carboxylic acid groups (broad SMARTS) is 2.